The van der Waals surface area contributed by atoms with Crippen LogP contribution in [0.4, 0.5) is 0 Å². The third-order valence-electron chi connectivity index (χ3n) is 3.66. The number of aryl methyl sites for hydroxylation is 1. The second-order valence-electron chi connectivity index (χ2n) is 5.25. The molecule has 1 fully saturated rings. The van der Waals surface area contributed by atoms with Gasteiger partial charge in [-0.25, -0.2) is 0 Å². The number of carboxylic acid groups (broad SMARTS) is 1. The molecule has 1 spiro atoms. The molecule has 2 aliphatic rings. The van der Waals surface area contributed by atoms with E-state index in [-0.39, 0.29) is 11.8 Å². The van der Waals surface area contributed by atoms with Gasteiger partial charge in [-0.3, -0.25) is 4.79 Å². The summed E-state index contributed by atoms with van der Waals surface area (Å²) in [5, 5.41) is 8.68. The molecule has 0 saturated heterocycles. The van der Waals surface area contributed by atoms with Crippen molar-refractivity contribution in [3.63, 3.8) is 0 Å². The fraction of sp³-hybridized carbons (Fsp3) is 0.500. The monoisotopic (exact) mass is 248 g/mol. The average Bonchev–Trinajstić information content (AvgIpc) is 3.15. The molecule has 0 bridgehead atoms. The fourth-order valence-corrected chi connectivity index (χ4v) is 2.16. The minimum Gasteiger partial charge on any atom is -0.489 e. The van der Waals surface area contributed by atoms with Crippen LogP contribution in [0.15, 0.2) is 18.2 Å². The Morgan fingerprint density at radius 2 is 1.94 bits per heavy atom. The lowest BCUT2D eigenvalue weighted by Gasteiger charge is -2.09. The van der Waals surface area contributed by atoms with Crippen LogP contribution in [-0.4, -0.2) is 24.3 Å². The first kappa shape index (κ1) is 11.4. The van der Waals surface area contributed by atoms with E-state index in [9.17, 15) is 4.79 Å². The van der Waals surface area contributed by atoms with Crippen LogP contribution in [0.1, 0.15) is 24.8 Å². The van der Waals surface area contributed by atoms with E-state index in [2.05, 4.69) is 0 Å². The van der Waals surface area contributed by atoms with Crippen molar-refractivity contribution in [2.75, 3.05) is 13.2 Å². The maximum atomic E-state index is 10.6. The minimum absolute atomic E-state index is 0.142. The lowest BCUT2D eigenvalue weighted by Crippen LogP contribution is -2.17. The van der Waals surface area contributed by atoms with E-state index in [4.69, 9.17) is 14.6 Å². The van der Waals surface area contributed by atoms with Gasteiger partial charge in [0.05, 0.1) is 13.2 Å². The van der Waals surface area contributed by atoms with E-state index < -0.39 is 5.97 Å². The standard InChI is InChI=1S/C14H16O4/c15-13(16)4-2-10-1-3-11-12(7-10)18-9-14(5-6-14)8-17-11/h1,3,7H,2,4-6,8-9H2,(H,15,16). The SMILES string of the molecule is O=C(O)CCc1ccc2c(c1)OCC1(CC1)CO2. The van der Waals surface area contributed by atoms with Gasteiger partial charge >= 0.3 is 5.97 Å². The molecule has 0 aromatic heterocycles. The molecule has 1 aromatic carbocycles. The lowest BCUT2D eigenvalue weighted by atomic mass is 10.1. The molecule has 4 nitrogen and oxygen atoms in total. The fourth-order valence-electron chi connectivity index (χ4n) is 2.16. The second-order valence-corrected chi connectivity index (χ2v) is 5.25. The molecular weight excluding hydrogens is 232 g/mol. The van der Waals surface area contributed by atoms with Crippen molar-refractivity contribution in [3.8, 4) is 11.5 Å². The molecule has 0 radical (unpaired) electrons. The van der Waals surface area contributed by atoms with Gasteiger partial charge in [0.2, 0.25) is 0 Å². The third-order valence-corrected chi connectivity index (χ3v) is 3.66. The molecule has 1 aromatic rings. The summed E-state index contributed by atoms with van der Waals surface area (Å²) in [6.07, 6.45) is 3.01. The maximum Gasteiger partial charge on any atom is 0.303 e. The van der Waals surface area contributed by atoms with Crippen molar-refractivity contribution < 1.29 is 19.4 Å². The number of rotatable bonds is 3. The highest BCUT2D eigenvalue weighted by Gasteiger charge is 2.46. The molecule has 1 saturated carbocycles. The Morgan fingerprint density at radius 3 is 2.61 bits per heavy atom. The summed E-state index contributed by atoms with van der Waals surface area (Å²) in [5.74, 6) is 0.749. The second kappa shape index (κ2) is 4.19. The number of fused-ring (bicyclic) bond motifs is 1. The molecule has 1 N–H and O–H groups in total. The Hall–Kier alpha value is -1.71. The van der Waals surface area contributed by atoms with E-state index in [1.807, 2.05) is 18.2 Å². The summed E-state index contributed by atoms with van der Waals surface area (Å²) < 4.78 is 11.6. The molecule has 1 aliphatic heterocycles. The largest absolute Gasteiger partial charge is 0.489 e. The van der Waals surface area contributed by atoms with Gasteiger partial charge in [-0.2, -0.15) is 0 Å². The molecule has 18 heavy (non-hydrogen) atoms. The van der Waals surface area contributed by atoms with E-state index in [0.29, 0.717) is 13.0 Å². The Balaban J connectivity index is 1.74. The minimum atomic E-state index is -0.779. The molecule has 4 heteroatoms. The van der Waals surface area contributed by atoms with Gasteiger partial charge in [0, 0.05) is 11.8 Å². The highest BCUT2D eigenvalue weighted by atomic mass is 16.5. The zero-order valence-electron chi connectivity index (χ0n) is 10.1. The summed E-state index contributed by atoms with van der Waals surface area (Å²) >= 11 is 0. The molecule has 1 heterocycles. The first-order valence-corrected chi connectivity index (χ1v) is 6.27. The van der Waals surface area contributed by atoms with Crippen LogP contribution in [0.5, 0.6) is 11.5 Å². The highest BCUT2D eigenvalue weighted by Crippen LogP contribution is 2.49. The van der Waals surface area contributed by atoms with Gasteiger partial charge in [0.15, 0.2) is 11.5 Å². The van der Waals surface area contributed by atoms with Crippen LogP contribution in [0.25, 0.3) is 0 Å². The van der Waals surface area contributed by atoms with Crippen molar-refractivity contribution >= 4 is 5.97 Å². The topological polar surface area (TPSA) is 55.8 Å². The van der Waals surface area contributed by atoms with Gasteiger partial charge in [-0.1, -0.05) is 6.07 Å². The van der Waals surface area contributed by atoms with Crippen molar-refractivity contribution in [1.82, 2.24) is 0 Å². The molecule has 0 amide bonds. The Kier molecular flexibility index (Phi) is 2.65. The number of hydrogen-bond acceptors (Lipinski definition) is 3. The van der Waals surface area contributed by atoms with Crippen molar-refractivity contribution in [2.45, 2.75) is 25.7 Å². The predicted molar refractivity (Wildman–Crippen MR) is 65.1 cm³/mol. The number of carbonyl (C=O) groups is 1. The lowest BCUT2D eigenvalue weighted by molar-refractivity contribution is -0.136. The normalized spacial score (nSPS) is 19.3. The molecule has 0 atom stereocenters. The molecule has 1 aliphatic carbocycles. The number of hydrogen-bond donors (Lipinski definition) is 1. The van der Waals surface area contributed by atoms with E-state index in [1.54, 1.807) is 0 Å². The van der Waals surface area contributed by atoms with Crippen LogP contribution in [0.2, 0.25) is 0 Å². The van der Waals surface area contributed by atoms with Gasteiger partial charge < -0.3 is 14.6 Å². The Morgan fingerprint density at radius 1 is 1.22 bits per heavy atom. The number of benzene rings is 1. The first-order chi connectivity index (χ1) is 8.67. The quantitative estimate of drug-likeness (QED) is 0.891. The van der Waals surface area contributed by atoms with Crippen LogP contribution >= 0.6 is 0 Å². The van der Waals surface area contributed by atoms with Gasteiger partial charge in [0.25, 0.3) is 0 Å². The van der Waals surface area contributed by atoms with Crippen molar-refractivity contribution in [1.29, 1.82) is 0 Å². The Labute approximate surface area is 106 Å². The van der Waals surface area contributed by atoms with Crippen LogP contribution in [0.3, 0.4) is 0 Å². The van der Waals surface area contributed by atoms with E-state index in [0.717, 1.165) is 23.7 Å². The summed E-state index contributed by atoms with van der Waals surface area (Å²) in [6, 6.07) is 5.70. The molecular formula is C14H16O4. The summed E-state index contributed by atoms with van der Waals surface area (Å²) in [7, 11) is 0. The number of aliphatic carboxylic acids is 1. The van der Waals surface area contributed by atoms with Gasteiger partial charge in [0.1, 0.15) is 0 Å². The molecule has 0 unspecified atom stereocenters. The third kappa shape index (κ3) is 2.28. The van der Waals surface area contributed by atoms with Crippen LogP contribution in [-0.2, 0) is 11.2 Å². The van der Waals surface area contributed by atoms with Crippen LogP contribution < -0.4 is 9.47 Å². The van der Waals surface area contributed by atoms with E-state index in [1.165, 1.54) is 12.8 Å². The highest BCUT2D eigenvalue weighted by molar-refractivity contribution is 5.67. The summed E-state index contributed by atoms with van der Waals surface area (Å²) in [6.45, 7) is 1.44. The predicted octanol–water partition coefficient (Wildman–Crippen LogP) is 2.26. The summed E-state index contributed by atoms with van der Waals surface area (Å²) in [5.41, 5.74) is 1.21. The zero-order chi connectivity index (χ0) is 12.6. The Bertz CT molecular complexity index is 477. The number of ether oxygens (including phenoxy) is 2. The maximum absolute atomic E-state index is 10.6. The molecule has 3 rings (SSSR count). The van der Waals surface area contributed by atoms with E-state index >= 15 is 0 Å². The smallest absolute Gasteiger partial charge is 0.303 e. The van der Waals surface area contributed by atoms with Crippen molar-refractivity contribution in [2.24, 2.45) is 5.41 Å². The summed E-state index contributed by atoms with van der Waals surface area (Å²) in [4.78, 5) is 10.6. The van der Waals surface area contributed by atoms with Crippen LogP contribution in [0, 0.1) is 5.41 Å². The van der Waals surface area contributed by atoms with Gasteiger partial charge in [-0.05, 0) is 37.0 Å². The zero-order valence-corrected chi connectivity index (χ0v) is 10.1. The van der Waals surface area contributed by atoms with Gasteiger partial charge in [-0.15, -0.1) is 0 Å². The van der Waals surface area contributed by atoms with Crippen molar-refractivity contribution in [3.05, 3.63) is 23.8 Å². The number of carboxylic acids is 1. The average molecular weight is 248 g/mol. The first-order valence-electron chi connectivity index (χ1n) is 6.27. The molecule has 96 valence electrons.